The van der Waals surface area contributed by atoms with E-state index in [4.69, 9.17) is 5.26 Å². The fraction of sp³-hybridized carbons (Fsp3) is 0.455. The van der Waals surface area contributed by atoms with Crippen LogP contribution in [0.2, 0.25) is 0 Å². The minimum Gasteiger partial charge on any atom is -0.368 e. The van der Waals surface area contributed by atoms with E-state index in [0.717, 1.165) is 6.54 Å². The molecule has 0 radical (unpaired) electrons. The van der Waals surface area contributed by atoms with E-state index < -0.39 is 0 Å². The zero-order chi connectivity index (χ0) is 10.0. The molecule has 0 bridgehead atoms. The molecule has 0 aromatic carbocycles. The molecular weight excluding hydrogens is 174 g/mol. The van der Waals surface area contributed by atoms with Crippen molar-refractivity contribution in [3.05, 3.63) is 23.9 Å². The summed E-state index contributed by atoms with van der Waals surface area (Å²) in [4.78, 5) is 4.15. The van der Waals surface area contributed by atoms with E-state index in [1.807, 2.05) is 0 Å². The predicted octanol–water partition coefficient (Wildman–Crippen LogP) is 2.17. The van der Waals surface area contributed by atoms with Gasteiger partial charge in [-0.05, 0) is 30.4 Å². The van der Waals surface area contributed by atoms with Crippen LogP contribution in [-0.4, -0.2) is 11.5 Å². The highest BCUT2D eigenvalue weighted by molar-refractivity contribution is 5.51. The van der Waals surface area contributed by atoms with Crippen molar-refractivity contribution in [1.29, 1.82) is 5.26 Å². The van der Waals surface area contributed by atoms with Gasteiger partial charge in [0.2, 0.25) is 0 Å². The van der Waals surface area contributed by atoms with Gasteiger partial charge in [0.1, 0.15) is 11.9 Å². The fourth-order valence-corrected chi connectivity index (χ4v) is 1.32. The second kappa shape index (κ2) is 3.30. The lowest BCUT2D eigenvalue weighted by Gasteiger charge is -2.10. The van der Waals surface area contributed by atoms with Crippen molar-refractivity contribution in [2.45, 2.75) is 19.8 Å². The molecule has 1 aliphatic rings. The molecule has 0 aliphatic heterocycles. The number of aromatic nitrogens is 1. The van der Waals surface area contributed by atoms with Crippen LogP contribution in [0.3, 0.4) is 0 Å². The standard InChI is InChI=1S/C11H13N3/c1-11(4-5-11)8-14-10-9(7-12)3-2-6-13-10/h2-3,6H,4-5,8H2,1H3,(H,13,14). The lowest BCUT2D eigenvalue weighted by Crippen LogP contribution is -2.13. The van der Waals surface area contributed by atoms with Crippen LogP contribution in [0.25, 0.3) is 0 Å². The molecule has 0 unspecified atom stereocenters. The Morgan fingerprint density at radius 2 is 2.43 bits per heavy atom. The van der Waals surface area contributed by atoms with Gasteiger partial charge >= 0.3 is 0 Å². The first kappa shape index (κ1) is 9.01. The summed E-state index contributed by atoms with van der Waals surface area (Å²) < 4.78 is 0. The van der Waals surface area contributed by atoms with Gasteiger partial charge in [0.05, 0.1) is 5.56 Å². The summed E-state index contributed by atoms with van der Waals surface area (Å²) in [6.45, 7) is 3.16. The van der Waals surface area contributed by atoms with Crippen molar-refractivity contribution in [3.63, 3.8) is 0 Å². The van der Waals surface area contributed by atoms with Crippen LogP contribution in [-0.2, 0) is 0 Å². The molecule has 1 fully saturated rings. The Morgan fingerprint density at radius 1 is 1.64 bits per heavy atom. The van der Waals surface area contributed by atoms with Crippen molar-refractivity contribution >= 4 is 5.82 Å². The Labute approximate surface area is 83.8 Å². The first-order chi connectivity index (χ1) is 6.73. The third-order valence-electron chi connectivity index (χ3n) is 2.71. The lowest BCUT2D eigenvalue weighted by atomic mass is 10.1. The van der Waals surface area contributed by atoms with E-state index in [1.54, 1.807) is 18.3 Å². The SMILES string of the molecule is CC1(CNc2ncccc2C#N)CC1. The van der Waals surface area contributed by atoms with Crippen molar-refractivity contribution in [1.82, 2.24) is 4.98 Å². The van der Waals surface area contributed by atoms with Crippen molar-refractivity contribution in [2.24, 2.45) is 5.41 Å². The molecule has 72 valence electrons. The van der Waals surface area contributed by atoms with E-state index in [-0.39, 0.29) is 0 Å². The number of nitrogens with one attached hydrogen (secondary N) is 1. The molecule has 3 heteroatoms. The van der Waals surface area contributed by atoms with Crippen LogP contribution in [0.15, 0.2) is 18.3 Å². The number of nitriles is 1. The molecule has 1 saturated carbocycles. The quantitative estimate of drug-likeness (QED) is 0.788. The Bertz CT molecular complexity index is 374. The third kappa shape index (κ3) is 1.85. The molecular formula is C11H13N3. The molecule has 0 atom stereocenters. The van der Waals surface area contributed by atoms with Crippen LogP contribution in [0.4, 0.5) is 5.82 Å². The maximum absolute atomic E-state index is 8.83. The summed E-state index contributed by atoms with van der Waals surface area (Å²) in [5.74, 6) is 0.711. The van der Waals surface area contributed by atoms with Gasteiger partial charge in [-0.3, -0.25) is 0 Å². The second-order valence-electron chi connectivity index (χ2n) is 4.18. The number of rotatable bonds is 3. The largest absolute Gasteiger partial charge is 0.368 e. The summed E-state index contributed by atoms with van der Waals surface area (Å²) in [6, 6.07) is 5.69. The summed E-state index contributed by atoms with van der Waals surface area (Å²) in [7, 11) is 0. The molecule has 1 aromatic rings. The summed E-state index contributed by atoms with van der Waals surface area (Å²) in [5, 5.41) is 12.1. The highest BCUT2D eigenvalue weighted by Gasteiger charge is 2.36. The number of hydrogen-bond donors (Lipinski definition) is 1. The van der Waals surface area contributed by atoms with E-state index in [0.29, 0.717) is 16.8 Å². The lowest BCUT2D eigenvalue weighted by molar-refractivity contribution is 0.609. The zero-order valence-electron chi connectivity index (χ0n) is 8.25. The van der Waals surface area contributed by atoms with E-state index in [1.165, 1.54) is 12.8 Å². The molecule has 1 heterocycles. The minimum absolute atomic E-state index is 0.435. The summed E-state index contributed by atoms with van der Waals surface area (Å²) in [6.07, 6.45) is 4.25. The van der Waals surface area contributed by atoms with Crippen molar-refractivity contribution in [2.75, 3.05) is 11.9 Å². The molecule has 0 amide bonds. The second-order valence-corrected chi connectivity index (χ2v) is 4.18. The highest BCUT2D eigenvalue weighted by atomic mass is 15.0. The molecule has 3 nitrogen and oxygen atoms in total. The normalized spacial score (nSPS) is 17.1. The highest BCUT2D eigenvalue weighted by Crippen LogP contribution is 2.44. The molecule has 1 aliphatic carbocycles. The minimum atomic E-state index is 0.435. The smallest absolute Gasteiger partial charge is 0.143 e. The number of anilines is 1. The van der Waals surface area contributed by atoms with Crippen LogP contribution < -0.4 is 5.32 Å². The van der Waals surface area contributed by atoms with Gasteiger partial charge in [-0.2, -0.15) is 5.26 Å². The van der Waals surface area contributed by atoms with Crippen molar-refractivity contribution in [3.8, 4) is 6.07 Å². The zero-order valence-corrected chi connectivity index (χ0v) is 8.25. The summed E-state index contributed by atoms with van der Waals surface area (Å²) in [5.41, 5.74) is 1.06. The average molecular weight is 187 g/mol. The maximum atomic E-state index is 8.83. The first-order valence-electron chi connectivity index (χ1n) is 4.82. The van der Waals surface area contributed by atoms with Gasteiger partial charge in [-0.1, -0.05) is 6.92 Å². The Hall–Kier alpha value is -1.56. The van der Waals surface area contributed by atoms with Crippen LogP contribution in [0.1, 0.15) is 25.3 Å². The monoisotopic (exact) mass is 187 g/mol. The Kier molecular flexibility index (Phi) is 2.12. The molecule has 2 rings (SSSR count). The third-order valence-corrected chi connectivity index (χ3v) is 2.71. The fourth-order valence-electron chi connectivity index (χ4n) is 1.32. The van der Waals surface area contributed by atoms with E-state index in [9.17, 15) is 0 Å². The van der Waals surface area contributed by atoms with Gasteiger partial charge in [0.25, 0.3) is 0 Å². The topological polar surface area (TPSA) is 48.7 Å². The number of nitrogens with zero attached hydrogens (tertiary/aromatic N) is 2. The average Bonchev–Trinajstić information content (AvgIpc) is 2.95. The molecule has 0 saturated heterocycles. The van der Waals surface area contributed by atoms with Gasteiger partial charge in [-0.15, -0.1) is 0 Å². The molecule has 1 aromatic heterocycles. The number of hydrogen-bond acceptors (Lipinski definition) is 3. The molecule has 14 heavy (non-hydrogen) atoms. The first-order valence-corrected chi connectivity index (χ1v) is 4.82. The summed E-state index contributed by atoms with van der Waals surface area (Å²) >= 11 is 0. The molecule has 0 spiro atoms. The van der Waals surface area contributed by atoms with Crippen molar-refractivity contribution < 1.29 is 0 Å². The van der Waals surface area contributed by atoms with E-state index >= 15 is 0 Å². The van der Waals surface area contributed by atoms with Crippen LogP contribution >= 0.6 is 0 Å². The van der Waals surface area contributed by atoms with Gasteiger partial charge in [0.15, 0.2) is 0 Å². The molecule has 1 N–H and O–H groups in total. The van der Waals surface area contributed by atoms with Crippen LogP contribution in [0.5, 0.6) is 0 Å². The Morgan fingerprint density at radius 3 is 3.07 bits per heavy atom. The van der Waals surface area contributed by atoms with E-state index in [2.05, 4.69) is 23.3 Å². The van der Waals surface area contributed by atoms with Crippen LogP contribution in [0, 0.1) is 16.7 Å². The number of pyridine rings is 1. The Balaban J connectivity index is 2.05. The predicted molar refractivity (Wildman–Crippen MR) is 54.8 cm³/mol. The van der Waals surface area contributed by atoms with Gasteiger partial charge in [0, 0.05) is 12.7 Å². The maximum Gasteiger partial charge on any atom is 0.143 e. The van der Waals surface area contributed by atoms with Gasteiger partial charge in [-0.25, -0.2) is 4.98 Å². The van der Waals surface area contributed by atoms with Gasteiger partial charge < -0.3 is 5.32 Å².